The Morgan fingerprint density at radius 3 is 2.03 bits per heavy atom. The topological polar surface area (TPSA) is 73.4 Å². The summed E-state index contributed by atoms with van der Waals surface area (Å²) >= 11 is 0. The number of carbonyl (C=O) groups excluding carboxylic acids is 3. The van der Waals surface area contributed by atoms with E-state index in [9.17, 15) is 14.4 Å². The van der Waals surface area contributed by atoms with Gasteiger partial charge in [-0.05, 0) is 111 Å². The Labute approximate surface area is 229 Å². The summed E-state index contributed by atoms with van der Waals surface area (Å²) in [4.78, 5) is 48.2. The number of hydrogen-bond acceptors (Lipinski definition) is 5. The molecule has 5 fully saturated rings. The summed E-state index contributed by atoms with van der Waals surface area (Å²) < 4.78 is 5.67. The average Bonchev–Trinajstić information content (AvgIpc) is 3.62. The van der Waals surface area contributed by atoms with Crippen molar-refractivity contribution in [2.75, 3.05) is 33.7 Å². The molecule has 0 aromatic rings. The Kier molecular flexibility index (Phi) is 8.28. The third kappa shape index (κ3) is 5.71. The van der Waals surface area contributed by atoms with E-state index in [1.807, 2.05) is 18.7 Å². The molecule has 38 heavy (non-hydrogen) atoms. The largest absolute Gasteiger partial charge is 0.447 e. The minimum absolute atomic E-state index is 0.0275. The van der Waals surface area contributed by atoms with E-state index in [0.29, 0.717) is 36.2 Å². The normalized spacial score (nSPS) is 36.0. The maximum absolute atomic E-state index is 13.3. The van der Waals surface area contributed by atoms with Crippen LogP contribution in [0.2, 0.25) is 0 Å². The van der Waals surface area contributed by atoms with Gasteiger partial charge >= 0.3 is 6.09 Å². The number of piperazine rings is 1. The van der Waals surface area contributed by atoms with E-state index in [4.69, 9.17) is 4.74 Å². The van der Waals surface area contributed by atoms with Gasteiger partial charge in [0, 0.05) is 43.6 Å². The average molecular weight is 531 g/mol. The van der Waals surface area contributed by atoms with Gasteiger partial charge in [-0.15, -0.1) is 0 Å². The van der Waals surface area contributed by atoms with Crippen molar-refractivity contribution in [1.29, 1.82) is 0 Å². The van der Waals surface area contributed by atoms with Crippen molar-refractivity contribution in [3.63, 3.8) is 0 Å². The molecule has 8 heteroatoms. The molecule has 0 N–H and O–H groups in total. The zero-order valence-electron chi connectivity index (χ0n) is 24.3. The highest BCUT2D eigenvalue weighted by Gasteiger charge is 2.51. The first-order valence-electron chi connectivity index (χ1n) is 15.4. The van der Waals surface area contributed by atoms with Gasteiger partial charge in [0.05, 0.1) is 18.2 Å². The molecule has 8 nitrogen and oxygen atoms in total. The van der Waals surface area contributed by atoms with Gasteiger partial charge < -0.3 is 24.3 Å². The highest BCUT2D eigenvalue weighted by Crippen LogP contribution is 2.45. The van der Waals surface area contributed by atoms with Crippen LogP contribution in [0.15, 0.2) is 0 Å². The van der Waals surface area contributed by atoms with Crippen LogP contribution in [0.4, 0.5) is 4.79 Å². The summed E-state index contributed by atoms with van der Waals surface area (Å²) in [6.07, 6.45) is 9.90. The lowest BCUT2D eigenvalue weighted by molar-refractivity contribution is -0.146. The maximum Gasteiger partial charge on any atom is 0.410 e. The van der Waals surface area contributed by atoms with E-state index in [2.05, 4.69) is 35.7 Å². The summed E-state index contributed by atoms with van der Waals surface area (Å²) in [5, 5.41) is 0. The number of carbonyl (C=O) groups is 3. The monoisotopic (exact) mass is 530 g/mol. The van der Waals surface area contributed by atoms with Crippen LogP contribution in [0.5, 0.6) is 0 Å². The van der Waals surface area contributed by atoms with Crippen LogP contribution >= 0.6 is 0 Å². The number of fused-ring (bicyclic) bond motifs is 1. The smallest absolute Gasteiger partial charge is 0.410 e. The SMILES string of the molecule is CC(C)OC(=O)N1C[C@H](C)N(C(=O)C2CC2)C2CCC(C3CCC(C(=O)N4CC[C@@H](N(C)C)C4)CC3)CC21. The quantitative estimate of drug-likeness (QED) is 0.538. The third-order valence-electron chi connectivity index (χ3n) is 10.3. The van der Waals surface area contributed by atoms with Gasteiger partial charge in [-0.1, -0.05) is 0 Å². The predicted molar refractivity (Wildman–Crippen MR) is 146 cm³/mol. The molecule has 214 valence electrons. The second-order valence-electron chi connectivity index (χ2n) is 13.5. The first kappa shape index (κ1) is 27.7. The summed E-state index contributed by atoms with van der Waals surface area (Å²) in [5.74, 6) is 2.18. The lowest BCUT2D eigenvalue weighted by atomic mass is 9.68. The zero-order chi connectivity index (χ0) is 27.1. The number of likely N-dealkylation sites (tertiary alicyclic amines) is 1. The molecule has 3 unspecified atom stereocenters. The molecular formula is C30H50N4O4. The van der Waals surface area contributed by atoms with Gasteiger partial charge in [-0.2, -0.15) is 0 Å². The molecule has 2 aliphatic heterocycles. The van der Waals surface area contributed by atoms with E-state index in [1.165, 1.54) is 0 Å². The van der Waals surface area contributed by atoms with Gasteiger partial charge in [-0.25, -0.2) is 4.79 Å². The molecule has 2 heterocycles. The van der Waals surface area contributed by atoms with E-state index in [1.54, 1.807) is 0 Å². The highest BCUT2D eigenvalue weighted by molar-refractivity contribution is 5.82. The summed E-state index contributed by atoms with van der Waals surface area (Å²) in [6.45, 7) is 8.22. The highest BCUT2D eigenvalue weighted by atomic mass is 16.6. The van der Waals surface area contributed by atoms with Crippen molar-refractivity contribution >= 4 is 17.9 Å². The number of ether oxygens (including phenoxy) is 1. The van der Waals surface area contributed by atoms with E-state index >= 15 is 0 Å². The van der Waals surface area contributed by atoms with Crippen LogP contribution in [0.3, 0.4) is 0 Å². The second-order valence-corrected chi connectivity index (χ2v) is 13.5. The molecular weight excluding hydrogens is 480 g/mol. The number of amides is 3. The molecule has 0 bridgehead atoms. The fourth-order valence-corrected chi connectivity index (χ4v) is 7.95. The van der Waals surface area contributed by atoms with Crippen LogP contribution in [0.1, 0.15) is 85.0 Å². The van der Waals surface area contributed by atoms with Crippen LogP contribution in [-0.4, -0.2) is 102 Å². The third-order valence-corrected chi connectivity index (χ3v) is 10.3. The number of rotatable bonds is 5. The van der Waals surface area contributed by atoms with Gasteiger partial charge in [-0.3, -0.25) is 9.59 Å². The maximum atomic E-state index is 13.3. The van der Waals surface area contributed by atoms with Crippen LogP contribution in [-0.2, 0) is 14.3 Å². The molecule has 5 rings (SSSR count). The molecule has 0 radical (unpaired) electrons. The molecule has 2 saturated heterocycles. The predicted octanol–water partition coefficient (Wildman–Crippen LogP) is 3.98. The van der Waals surface area contributed by atoms with Crippen molar-refractivity contribution in [3.05, 3.63) is 0 Å². The summed E-state index contributed by atoms with van der Waals surface area (Å²) in [7, 11) is 4.21. The van der Waals surface area contributed by atoms with E-state index < -0.39 is 0 Å². The standard InChI is InChI=1S/C30H50N4O4/c1-19(2)38-30(37)33-17-20(3)34(29(36)23-10-11-23)26-13-12-24(16-27(26)33)21-6-8-22(9-7-21)28(35)32-15-14-25(18-32)31(4)5/h19-27H,6-18H2,1-5H3/t20-,21?,22?,24?,25+,26?,27?/m0/s1. The molecule has 0 aromatic heterocycles. The van der Waals surface area contributed by atoms with Crippen molar-refractivity contribution in [2.45, 2.75) is 115 Å². The Bertz CT molecular complexity index is 881. The number of nitrogens with zero attached hydrogens (tertiary/aromatic N) is 4. The minimum Gasteiger partial charge on any atom is -0.447 e. The Balaban J connectivity index is 1.22. The molecule has 0 aromatic carbocycles. The molecule has 3 aliphatic carbocycles. The summed E-state index contributed by atoms with van der Waals surface area (Å²) in [5.41, 5.74) is 0. The fourth-order valence-electron chi connectivity index (χ4n) is 7.95. The van der Waals surface area contributed by atoms with Crippen LogP contribution < -0.4 is 0 Å². The van der Waals surface area contributed by atoms with Crippen molar-refractivity contribution in [3.8, 4) is 0 Å². The van der Waals surface area contributed by atoms with E-state index in [-0.39, 0.29) is 42.2 Å². The fraction of sp³-hybridized carbons (Fsp3) is 0.900. The number of likely N-dealkylation sites (N-methyl/N-ethyl adjacent to an activating group) is 1. The number of hydrogen-bond donors (Lipinski definition) is 0. The first-order chi connectivity index (χ1) is 18.1. The molecule has 3 saturated carbocycles. The Hall–Kier alpha value is -1.83. The second kappa shape index (κ2) is 11.3. The van der Waals surface area contributed by atoms with E-state index in [0.717, 1.165) is 77.3 Å². The zero-order valence-corrected chi connectivity index (χ0v) is 24.3. The van der Waals surface area contributed by atoms with Gasteiger partial charge in [0.1, 0.15) is 0 Å². The van der Waals surface area contributed by atoms with Crippen LogP contribution in [0, 0.1) is 23.7 Å². The van der Waals surface area contributed by atoms with Gasteiger partial charge in [0.2, 0.25) is 11.8 Å². The lowest BCUT2D eigenvalue weighted by Gasteiger charge is -2.54. The molecule has 0 spiro atoms. The Morgan fingerprint density at radius 2 is 1.42 bits per heavy atom. The van der Waals surface area contributed by atoms with Gasteiger partial charge in [0.15, 0.2) is 0 Å². The molecule has 5 atom stereocenters. The first-order valence-corrected chi connectivity index (χ1v) is 15.4. The Morgan fingerprint density at radius 1 is 0.789 bits per heavy atom. The summed E-state index contributed by atoms with van der Waals surface area (Å²) in [6, 6.07) is 0.645. The minimum atomic E-state index is -0.225. The van der Waals surface area contributed by atoms with Crippen molar-refractivity contribution in [2.24, 2.45) is 23.7 Å². The van der Waals surface area contributed by atoms with Crippen molar-refractivity contribution < 1.29 is 19.1 Å². The van der Waals surface area contributed by atoms with Crippen molar-refractivity contribution in [1.82, 2.24) is 19.6 Å². The van der Waals surface area contributed by atoms with Gasteiger partial charge in [0.25, 0.3) is 0 Å². The lowest BCUT2D eigenvalue weighted by Crippen LogP contribution is -2.67. The van der Waals surface area contributed by atoms with Crippen LogP contribution in [0.25, 0.3) is 0 Å². The molecule has 5 aliphatic rings. The molecule has 3 amide bonds.